The van der Waals surface area contributed by atoms with Crippen molar-refractivity contribution in [1.82, 2.24) is 9.88 Å². The van der Waals surface area contributed by atoms with E-state index in [0.717, 1.165) is 12.8 Å². The van der Waals surface area contributed by atoms with Crippen molar-refractivity contribution in [3.05, 3.63) is 29.6 Å². The summed E-state index contributed by atoms with van der Waals surface area (Å²) in [5.41, 5.74) is 6.33. The maximum Gasteiger partial charge on any atom is 0.256 e. The van der Waals surface area contributed by atoms with Gasteiger partial charge < -0.3 is 10.6 Å². The third-order valence-corrected chi connectivity index (χ3v) is 4.06. The molecular formula is C16H22N4O. The Bertz CT molecular complexity index is 565. The summed E-state index contributed by atoms with van der Waals surface area (Å²) in [7, 11) is 0. The number of hydrogen-bond acceptors (Lipinski definition) is 4. The smallest absolute Gasteiger partial charge is 0.256 e. The maximum absolute atomic E-state index is 12.9. The van der Waals surface area contributed by atoms with Crippen LogP contribution in [0.2, 0.25) is 0 Å². The van der Waals surface area contributed by atoms with Crippen molar-refractivity contribution in [3.8, 4) is 6.07 Å². The molecule has 1 aliphatic rings. The monoisotopic (exact) mass is 286 g/mol. The number of nitrogens with two attached hydrogens (primary N) is 1. The van der Waals surface area contributed by atoms with Crippen LogP contribution in [0, 0.1) is 11.3 Å². The van der Waals surface area contributed by atoms with Crippen LogP contribution in [0.15, 0.2) is 18.3 Å². The van der Waals surface area contributed by atoms with Crippen molar-refractivity contribution < 1.29 is 4.79 Å². The first-order valence-electron chi connectivity index (χ1n) is 7.14. The third kappa shape index (κ3) is 2.91. The van der Waals surface area contributed by atoms with Gasteiger partial charge in [-0.25, -0.2) is 4.98 Å². The highest BCUT2D eigenvalue weighted by molar-refractivity contribution is 5.95. The lowest BCUT2D eigenvalue weighted by Gasteiger charge is -2.54. The quantitative estimate of drug-likeness (QED) is 0.856. The minimum Gasteiger partial charge on any atom is -0.328 e. The highest BCUT2D eigenvalue weighted by Gasteiger charge is 2.47. The Hall–Kier alpha value is -1.93. The molecular weight excluding hydrogens is 264 g/mol. The fraction of sp³-hybridized carbons (Fsp3) is 0.562. The van der Waals surface area contributed by atoms with Gasteiger partial charge in [0, 0.05) is 23.3 Å². The highest BCUT2D eigenvalue weighted by Crippen LogP contribution is 2.38. The van der Waals surface area contributed by atoms with Gasteiger partial charge in [-0.3, -0.25) is 4.79 Å². The van der Waals surface area contributed by atoms with Gasteiger partial charge in [-0.15, -0.1) is 0 Å². The zero-order valence-electron chi connectivity index (χ0n) is 13.1. The van der Waals surface area contributed by atoms with Crippen LogP contribution in [-0.4, -0.2) is 32.9 Å². The van der Waals surface area contributed by atoms with Crippen LogP contribution in [0.1, 0.15) is 56.6 Å². The Labute approximate surface area is 125 Å². The van der Waals surface area contributed by atoms with Crippen LogP contribution in [0.5, 0.6) is 0 Å². The first-order valence-corrected chi connectivity index (χ1v) is 7.14. The molecule has 0 spiro atoms. The van der Waals surface area contributed by atoms with Gasteiger partial charge in [0.15, 0.2) is 0 Å². The van der Waals surface area contributed by atoms with Crippen molar-refractivity contribution in [2.75, 3.05) is 0 Å². The summed E-state index contributed by atoms with van der Waals surface area (Å²) in [6.45, 7) is 8.18. The van der Waals surface area contributed by atoms with Crippen LogP contribution in [0.4, 0.5) is 0 Å². The normalized spacial score (nSPS) is 20.9. The first kappa shape index (κ1) is 15.5. The molecule has 0 saturated carbocycles. The Balaban J connectivity index is 2.37. The molecule has 0 bridgehead atoms. The molecule has 112 valence electrons. The summed E-state index contributed by atoms with van der Waals surface area (Å²) in [6, 6.07) is 5.29. The summed E-state index contributed by atoms with van der Waals surface area (Å²) >= 11 is 0. The van der Waals surface area contributed by atoms with E-state index in [9.17, 15) is 4.79 Å². The number of nitrogens with zero attached hydrogens (tertiary/aromatic N) is 3. The lowest BCUT2D eigenvalue weighted by atomic mass is 9.77. The van der Waals surface area contributed by atoms with E-state index in [0.29, 0.717) is 11.3 Å². The average molecular weight is 286 g/mol. The largest absolute Gasteiger partial charge is 0.328 e. The van der Waals surface area contributed by atoms with Crippen molar-refractivity contribution >= 4 is 5.91 Å². The minimum atomic E-state index is -0.313. The van der Waals surface area contributed by atoms with E-state index in [-0.39, 0.29) is 23.0 Å². The number of hydrogen-bond donors (Lipinski definition) is 1. The van der Waals surface area contributed by atoms with Crippen LogP contribution in [0.3, 0.4) is 0 Å². The molecule has 1 aliphatic heterocycles. The number of likely N-dealkylation sites (tertiary alicyclic amines) is 1. The molecule has 0 radical (unpaired) electrons. The topological polar surface area (TPSA) is 83.0 Å². The molecule has 5 nitrogen and oxygen atoms in total. The standard InChI is InChI=1S/C16H22N4O/c1-15(2)7-12(18)8-16(3,4)20(15)14(21)11-5-6-13(9-17)19-10-11/h5-6,10,12H,7-8,18H2,1-4H3. The van der Waals surface area contributed by atoms with Crippen molar-refractivity contribution in [1.29, 1.82) is 5.26 Å². The zero-order valence-corrected chi connectivity index (χ0v) is 13.1. The number of amides is 1. The van der Waals surface area contributed by atoms with Crippen molar-refractivity contribution in [2.24, 2.45) is 5.73 Å². The first-order chi connectivity index (χ1) is 9.67. The van der Waals surface area contributed by atoms with E-state index in [2.05, 4.69) is 4.98 Å². The Morgan fingerprint density at radius 3 is 2.33 bits per heavy atom. The molecule has 1 aromatic rings. The number of carbonyl (C=O) groups excluding carboxylic acids is 1. The molecule has 2 heterocycles. The third-order valence-electron chi connectivity index (χ3n) is 4.06. The van der Waals surface area contributed by atoms with Gasteiger partial charge in [0.05, 0.1) is 5.56 Å². The zero-order chi connectivity index (χ0) is 15.8. The van der Waals surface area contributed by atoms with E-state index in [1.165, 1.54) is 6.20 Å². The van der Waals surface area contributed by atoms with E-state index >= 15 is 0 Å². The van der Waals surface area contributed by atoms with Crippen molar-refractivity contribution in [3.63, 3.8) is 0 Å². The molecule has 0 aliphatic carbocycles. The molecule has 2 N–H and O–H groups in total. The molecule has 1 saturated heterocycles. The number of carbonyl (C=O) groups is 1. The number of piperidine rings is 1. The maximum atomic E-state index is 12.9. The molecule has 0 atom stereocenters. The molecule has 0 aromatic carbocycles. The Morgan fingerprint density at radius 2 is 1.90 bits per heavy atom. The predicted molar refractivity (Wildman–Crippen MR) is 80.5 cm³/mol. The number of pyridine rings is 1. The molecule has 1 fully saturated rings. The lowest BCUT2D eigenvalue weighted by Crippen LogP contribution is -2.65. The molecule has 0 unspecified atom stereocenters. The summed E-state index contributed by atoms with van der Waals surface area (Å²) < 4.78 is 0. The number of rotatable bonds is 1. The van der Waals surface area contributed by atoms with Crippen LogP contribution < -0.4 is 5.73 Å². The van der Waals surface area contributed by atoms with Crippen molar-refractivity contribution in [2.45, 2.75) is 57.7 Å². The number of nitriles is 1. The van der Waals surface area contributed by atoms with E-state index in [1.54, 1.807) is 12.1 Å². The van der Waals surface area contributed by atoms with Gasteiger partial charge >= 0.3 is 0 Å². The van der Waals surface area contributed by atoms with Crippen LogP contribution in [-0.2, 0) is 0 Å². The van der Waals surface area contributed by atoms with Gasteiger partial charge in [-0.2, -0.15) is 5.26 Å². The number of aromatic nitrogens is 1. The molecule has 2 rings (SSSR count). The van der Waals surface area contributed by atoms with E-state index in [4.69, 9.17) is 11.0 Å². The highest BCUT2D eigenvalue weighted by atomic mass is 16.2. The molecule has 1 aromatic heterocycles. The summed E-state index contributed by atoms with van der Waals surface area (Å²) in [5.74, 6) is -0.0612. The van der Waals surface area contributed by atoms with Gasteiger partial charge in [0.1, 0.15) is 11.8 Å². The Kier molecular flexibility index (Phi) is 3.77. The lowest BCUT2D eigenvalue weighted by molar-refractivity contribution is -0.0172. The summed E-state index contributed by atoms with van der Waals surface area (Å²) in [5, 5.41) is 8.79. The van der Waals surface area contributed by atoms with Gasteiger partial charge in [0.25, 0.3) is 5.91 Å². The second kappa shape index (κ2) is 5.12. The average Bonchev–Trinajstić information content (AvgIpc) is 2.35. The van der Waals surface area contributed by atoms with E-state index < -0.39 is 0 Å². The Morgan fingerprint density at radius 1 is 1.33 bits per heavy atom. The predicted octanol–water partition coefficient (Wildman–Crippen LogP) is 2.07. The summed E-state index contributed by atoms with van der Waals surface area (Å²) in [6.07, 6.45) is 3.01. The summed E-state index contributed by atoms with van der Waals surface area (Å²) in [4.78, 5) is 18.8. The fourth-order valence-corrected chi connectivity index (χ4v) is 3.62. The second-order valence-corrected chi connectivity index (χ2v) is 6.98. The van der Waals surface area contributed by atoms with Gasteiger partial charge in [-0.1, -0.05) is 0 Å². The minimum absolute atomic E-state index is 0.0612. The van der Waals surface area contributed by atoms with Crippen LogP contribution in [0.25, 0.3) is 0 Å². The van der Waals surface area contributed by atoms with E-state index in [1.807, 2.05) is 38.7 Å². The molecule has 21 heavy (non-hydrogen) atoms. The molecule has 5 heteroatoms. The van der Waals surface area contributed by atoms with Gasteiger partial charge in [0.2, 0.25) is 0 Å². The molecule has 1 amide bonds. The second-order valence-electron chi connectivity index (χ2n) is 6.98. The van der Waals surface area contributed by atoms with Gasteiger partial charge in [-0.05, 0) is 52.7 Å². The SMILES string of the molecule is CC1(C)CC(N)CC(C)(C)N1C(=O)c1ccc(C#N)nc1. The van der Waals surface area contributed by atoms with Crippen LogP contribution >= 0.6 is 0 Å². The fourth-order valence-electron chi connectivity index (χ4n) is 3.62.